The van der Waals surface area contributed by atoms with Crippen molar-refractivity contribution in [1.29, 1.82) is 5.26 Å². The number of Topliss-reactive ketones (excluding diaryl/α,β-unsaturated/α-hetero) is 1. The lowest BCUT2D eigenvalue weighted by Gasteiger charge is -2.37. The minimum absolute atomic E-state index is 0.157. The first-order valence-corrected chi connectivity index (χ1v) is 9.08. The molecule has 1 spiro atoms. The molecule has 0 atom stereocenters. The average Bonchev–Trinajstić information content (AvgIpc) is 3.39. The van der Waals surface area contributed by atoms with Crippen molar-refractivity contribution in [2.75, 3.05) is 27.2 Å². The molecule has 1 aliphatic heterocycles. The Bertz CT molecular complexity index is 864. The number of hydrogen-bond donors (Lipinski definition) is 0. The number of allylic oxidation sites excluding steroid dienone is 1. The van der Waals surface area contributed by atoms with Crippen LogP contribution in [0.25, 0.3) is 5.70 Å². The number of ketones is 1. The molecule has 6 nitrogen and oxygen atoms in total. The Morgan fingerprint density at radius 1 is 1.27 bits per heavy atom. The SMILES string of the molecule is CN(C)C(=O)c1cc2c(cn1)CC(=O)C(C#N)=C2N1CCC2(CC1)CC2. The minimum Gasteiger partial charge on any atom is -0.370 e. The Morgan fingerprint density at radius 3 is 2.54 bits per heavy atom. The summed E-state index contributed by atoms with van der Waals surface area (Å²) in [7, 11) is 3.37. The molecule has 2 aliphatic carbocycles. The molecule has 6 heteroatoms. The summed E-state index contributed by atoms with van der Waals surface area (Å²) in [5.74, 6) is -0.340. The van der Waals surface area contributed by atoms with Gasteiger partial charge in [-0.05, 0) is 42.7 Å². The van der Waals surface area contributed by atoms with Crippen molar-refractivity contribution < 1.29 is 9.59 Å². The van der Waals surface area contributed by atoms with Gasteiger partial charge in [0.15, 0.2) is 5.78 Å². The number of carbonyl (C=O) groups excluding carboxylic acids is 2. The fourth-order valence-corrected chi connectivity index (χ4v) is 4.04. The van der Waals surface area contributed by atoms with Crippen molar-refractivity contribution in [3.8, 4) is 6.07 Å². The van der Waals surface area contributed by atoms with E-state index in [0.717, 1.165) is 37.1 Å². The van der Waals surface area contributed by atoms with Gasteiger partial charge >= 0.3 is 0 Å². The van der Waals surface area contributed by atoms with E-state index < -0.39 is 0 Å². The zero-order valence-corrected chi connectivity index (χ0v) is 15.2. The quantitative estimate of drug-likeness (QED) is 0.815. The Kier molecular flexibility index (Phi) is 3.83. The number of rotatable bonds is 2. The lowest BCUT2D eigenvalue weighted by atomic mass is 9.86. The van der Waals surface area contributed by atoms with Gasteiger partial charge < -0.3 is 9.80 Å². The second-order valence-corrected chi connectivity index (χ2v) is 7.85. The van der Waals surface area contributed by atoms with Crippen LogP contribution in [0.3, 0.4) is 0 Å². The van der Waals surface area contributed by atoms with E-state index >= 15 is 0 Å². The average molecular weight is 350 g/mol. The van der Waals surface area contributed by atoms with Gasteiger partial charge in [-0.1, -0.05) is 0 Å². The zero-order valence-electron chi connectivity index (χ0n) is 15.2. The molecule has 0 radical (unpaired) electrons. The number of amides is 1. The van der Waals surface area contributed by atoms with Crippen LogP contribution >= 0.6 is 0 Å². The highest BCUT2D eigenvalue weighted by molar-refractivity contribution is 6.10. The number of likely N-dealkylation sites (tertiary alicyclic amines) is 1. The number of fused-ring (bicyclic) bond motifs is 1. The van der Waals surface area contributed by atoms with E-state index in [9.17, 15) is 14.9 Å². The number of aromatic nitrogens is 1. The van der Waals surface area contributed by atoms with Gasteiger partial charge in [0, 0.05) is 45.4 Å². The van der Waals surface area contributed by atoms with Crippen LogP contribution < -0.4 is 0 Å². The molecule has 4 rings (SSSR count). The van der Waals surface area contributed by atoms with Crippen molar-refractivity contribution in [3.63, 3.8) is 0 Å². The van der Waals surface area contributed by atoms with Gasteiger partial charge in [-0.25, -0.2) is 0 Å². The monoisotopic (exact) mass is 350 g/mol. The summed E-state index contributed by atoms with van der Waals surface area (Å²) in [4.78, 5) is 32.7. The van der Waals surface area contributed by atoms with Gasteiger partial charge in [0.1, 0.15) is 17.3 Å². The maximum Gasteiger partial charge on any atom is 0.271 e. The molecule has 3 aliphatic rings. The predicted molar refractivity (Wildman–Crippen MR) is 96.0 cm³/mol. The van der Waals surface area contributed by atoms with Crippen LogP contribution in [-0.4, -0.2) is 53.7 Å². The molecule has 1 saturated carbocycles. The molecule has 134 valence electrons. The number of nitrogens with zero attached hydrogens (tertiary/aromatic N) is 4. The number of pyridine rings is 1. The van der Waals surface area contributed by atoms with Crippen molar-refractivity contribution in [2.24, 2.45) is 5.41 Å². The van der Waals surface area contributed by atoms with E-state index in [1.165, 1.54) is 17.7 Å². The predicted octanol–water partition coefficient (Wildman–Crippen LogP) is 2.02. The molecular formula is C20H22N4O2. The molecule has 1 aromatic rings. The second kappa shape index (κ2) is 5.94. The highest BCUT2D eigenvalue weighted by atomic mass is 16.2. The summed E-state index contributed by atoms with van der Waals surface area (Å²) in [5.41, 5.74) is 3.38. The Hall–Kier alpha value is -2.68. The van der Waals surface area contributed by atoms with Crippen LogP contribution in [0, 0.1) is 16.7 Å². The second-order valence-electron chi connectivity index (χ2n) is 7.85. The maximum atomic E-state index is 12.5. The summed E-state index contributed by atoms with van der Waals surface area (Å²) in [6.45, 7) is 1.71. The van der Waals surface area contributed by atoms with Crippen LogP contribution in [-0.2, 0) is 11.2 Å². The molecular weight excluding hydrogens is 328 g/mol. The lowest BCUT2D eigenvalue weighted by Crippen LogP contribution is -2.36. The van der Waals surface area contributed by atoms with Gasteiger partial charge in [0.2, 0.25) is 0 Å². The molecule has 0 aromatic carbocycles. The summed E-state index contributed by atoms with van der Waals surface area (Å²) in [6.07, 6.45) is 6.59. The Labute approximate surface area is 153 Å². The van der Waals surface area contributed by atoms with E-state index in [4.69, 9.17) is 0 Å². The van der Waals surface area contributed by atoms with Crippen molar-refractivity contribution in [2.45, 2.75) is 32.1 Å². The number of carbonyl (C=O) groups is 2. The highest BCUT2D eigenvalue weighted by Gasteiger charge is 2.45. The highest BCUT2D eigenvalue weighted by Crippen LogP contribution is 2.54. The van der Waals surface area contributed by atoms with Crippen LogP contribution in [0.4, 0.5) is 0 Å². The third kappa shape index (κ3) is 2.68. The van der Waals surface area contributed by atoms with E-state index in [-0.39, 0.29) is 23.7 Å². The first kappa shape index (κ1) is 16.8. The summed E-state index contributed by atoms with van der Waals surface area (Å²) in [5, 5.41) is 9.62. The Morgan fingerprint density at radius 2 is 1.96 bits per heavy atom. The normalized spacial score (nSPS) is 20.7. The first-order chi connectivity index (χ1) is 12.4. The van der Waals surface area contributed by atoms with Crippen LogP contribution in [0.2, 0.25) is 0 Å². The minimum atomic E-state index is -0.182. The third-order valence-corrected chi connectivity index (χ3v) is 5.94. The molecule has 1 aromatic heterocycles. The topological polar surface area (TPSA) is 77.3 Å². The fourth-order valence-electron chi connectivity index (χ4n) is 4.04. The van der Waals surface area contributed by atoms with Crippen LogP contribution in [0.1, 0.15) is 47.3 Å². The lowest BCUT2D eigenvalue weighted by molar-refractivity contribution is -0.114. The summed E-state index contributed by atoms with van der Waals surface area (Å²) < 4.78 is 0. The smallest absolute Gasteiger partial charge is 0.271 e. The van der Waals surface area contributed by atoms with E-state index in [0.29, 0.717) is 16.8 Å². The van der Waals surface area contributed by atoms with E-state index in [1.54, 1.807) is 26.4 Å². The molecule has 0 bridgehead atoms. The molecule has 1 saturated heterocycles. The zero-order chi connectivity index (χ0) is 18.5. The molecule has 1 amide bonds. The van der Waals surface area contributed by atoms with Gasteiger partial charge in [-0.3, -0.25) is 14.6 Å². The van der Waals surface area contributed by atoms with Crippen molar-refractivity contribution >= 4 is 17.4 Å². The molecule has 2 heterocycles. The first-order valence-electron chi connectivity index (χ1n) is 9.08. The number of nitriles is 1. The third-order valence-electron chi connectivity index (χ3n) is 5.94. The molecule has 0 N–H and O–H groups in total. The van der Waals surface area contributed by atoms with Gasteiger partial charge in [-0.15, -0.1) is 0 Å². The van der Waals surface area contributed by atoms with E-state index in [1.807, 2.05) is 0 Å². The van der Waals surface area contributed by atoms with Crippen LogP contribution in [0.15, 0.2) is 17.8 Å². The van der Waals surface area contributed by atoms with E-state index in [2.05, 4.69) is 16.0 Å². The van der Waals surface area contributed by atoms with Gasteiger partial charge in [0.05, 0.1) is 5.70 Å². The maximum absolute atomic E-state index is 12.5. The fraction of sp³-hybridized carbons (Fsp3) is 0.500. The number of hydrogen-bond acceptors (Lipinski definition) is 5. The standard InChI is InChI=1S/C20H22N4O2/c1-23(2)19(26)16-10-14-13(12-22-16)9-17(25)15(11-21)18(14)24-7-5-20(3-4-20)6-8-24/h10,12H,3-9H2,1-2H3. The molecule has 26 heavy (non-hydrogen) atoms. The summed E-state index contributed by atoms with van der Waals surface area (Å²) in [6, 6.07) is 3.87. The largest absolute Gasteiger partial charge is 0.370 e. The van der Waals surface area contributed by atoms with Crippen molar-refractivity contribution in [1.82, 2.24) is 14.8 Å². The summed E-state index contributed by atoms with van der Waals surface area (Å²) >= 11 is 0. The molecule has 0 unspecified atom stereocenters. The number of piperidine rings is 1. The van der Waals surface area contributed by atoms with Gasteiger partial charge in [0.25, 0.3) is 5.91 Å². The molecule has 2 fully saturated rings. The van der Waals surface area contributed by atoms with Crippen molar-refractivity contribution in [3.05, 3.63) is 34.7 Å². The Balaban J connectivity index is 1.77. The van der Waals surface area contributed by atoms with Crippen LogP contribution in [0.5, 0.6) is 0 Å². The van der Waals surface area contributed by atoms with Gasteiger partial charge in [-0.2, -0.15) is 5.26 Å².